The molecule has 5 rings (SSSR count). The largest absolute Gasteiger partial charge is 0.323 e. The first-order valence-corrected chi connectivity index (χ1v) is 14.1. The van der Waals surface area contributed by atoms with Crippen molar-refractivity contribution < 1.29 is 8.78 Å². The van der Waals surface area contributed by atoms with Crippen molar-refractivity contribution in [3.63, 3.8) is 0 Å². The minimum absolute atomic E-state index is 0.172. The molecule has 35 heavy (non-hydrogen) atoms. The average Bonchev–Trinajstić information content (AvgIpc) is 3.61. The van der Waals surface area contributed by atoms with E-state index < -0.39 is 16.5 Å². The zero-order chi connectivity index (χ0) is 24.7. The molecule has 0 fully saturated rings. The van der Waals surface area contributed by atoms with Crippen molar-refractivity contribution >= 4 is 56.5 Å². The number of hydrogen-bond acceptors (Lipinski definition) is 11. The molecular weight excluding hydrogens is 529 g/mol. The summed E-state index contributed by atoms with van der Waals surface area (Å²) in [5, 5.41) is 19.9. The minimum Gasteiger partial charge on any atom is -0.323 e. The molecule has 0 saturated carbocycles. The normalized spacial score (nSPS) is 18.5. The summed E-state index contributed by atoms with van der Waals surface area (Å²) in [5.74, 6) is -1.02. The summed E-state index contributed by atoms with van der Waals surface area (Å²) in [5.41, 5.74) is 9.86. The van der Waals surface area contributed by atoms with Gasteiger partial charge in [0.2, 0.25) is 5.13 Å². The van der Waals surface area contributed by atoms with Crippen LogP contribution in [0.5, 0.6) is 0 Å². The van der Waals surface area contributed by atoms with Gasteiger partial charge in [-0.15, -0.1) is 32.9 Å². The predicted octanol–water partition coefficient (Wildman–Crippen LogP) is 6.15. The number of rotatable bonds is 7. The third-order valence-electron chi connectivity index (χ3n) is 5.54. The van der Waals surface area contributed by atoms with Crippen LogP contribution in [0.2, 0.25) is 0 Å². The number of aryl methyl sites for hydroxylation is 3. The van der Waals surface area contributed by atoms with Crippen LogP contribution < -0.4 is 10.7 Å². The number of hydrogen-bond donors (Lipinski definition) is 1. The molecule has 4 heterocycles. The van der Waals surface area contributed by atoms with Crippen LogP contribution in [0.4, 0.5) is 13.9 Å². The number of hydrazone groups is 1. The second-order valence-corrected chi connectivity index (χ2v) is 12.6. The molecule has 1 aromatic carbocycles. The Hall–Kier alpha value is -2.32. The van der Waals surface area contributed by atoms with E-state index in [1.807, 2.05) is 26.2 Å². The number of anilines is 1. The maximum Gasteiger partial charge on any atom is 0.230 e. The molecule has 2 N–H and O–H groups in total. The number of benzene rings is 1. The smallest absolute Gasteiger partial charge is 0.230 e. The molecule has 1 aliphatic heterocycles. The molecule has 0 spiro atoms. The molecule has 0 bridgehead atoms. The Bertz CT molecular complexity index is 1400. The van der Waals surface area contributed by atoms with Crippen LogP contribution >= 0.6 is 45.8 Å². The van der Waals surface area contributed by atoms with E-state index in [1.54, 1.807) is 21.9 Å². The van der Waals surface area contributed by atoms with Gasteiger partial charge in [-0.3, -0.25) is 0 Å². The zero-order valence-electron chi connectivity index (χ0n) is 19.0. The molecule has 0 aliphatic carbocycles. The number of thiazole rings is 2. The third kappa shape index (κ3) is 4.62. The molecule has 13 heteroatoms. The number of halogens is 2. The third-order valence-corrected chi connectivity index (χ3v) is 9.31. The van der Waals surface area contributed by atoms with E-state index in [1.165, 1.54) is 40.5 Å². The second-order valence-electron chi connectivity index (χ2n) is 8.01. The van der Waals surface area contributed by atoms with Gasteiger partial charge >= 0.3 is 0 Å². The van der Waals surface area contributed by atoms with E-state index in [-0.39, 0.29) is 11.6 Å². The van der Waals surface area contributed by atoms with E-state index >= 15 is 0 Å². The molecule has 7 nitrogen and oxygen atoms in total. The van der Waals surface area contributed by atoms with Gasteiger partial charge in [0.1, 0.15) is 16.6 Å². The summed E-state index contributed by atoms with van der Waals surface area (Å²) < 4.78 is 29.1. The Kier molecular flexibility index (Phi) is 6.70. The van der Waals surface area contributed by atoms with Crippen LogP contribution in [0.15, 0.2) is 28.7 Å². The Balaban J connectivity index is 1.62. The van der Waals surface area contributed by atoms with Gasteiger partial charge in [0.05, 0.1) is 31.8 Å². The van der Waals surface area contributed by atoms with E-state index in [4.69, 9.17) is 10.7 Å². The molecular formula is C22H21F2N7S4. The van der Waals surface area contributed by atoms with E-state index in [9.17, 15) is 8.78 Å². The fourth-order valence-electron chi connectivity index (χ4n) is 3.91. The van der Waals surface area contributed by atoms with Crippen molar-refractivity contribution in [2.45, 2.75) is 44.5 Å². The van der Waals surface area contributed by atoms with Crippen LogP contribution in [-0.4, -0.2) is 25.7 Å². The van der Waals surface area contributed by atoms with Crippen molar-refractivity contribution in [3.05, 3.63) is 61.6 Å². The molecule has 3 aromatic heterocycles. The molecule has 1 aliphatic rings. The lowest BCUT2D eigenvalue weighted by Gasteiger charge is -2.35. The lowest BCUT2D eigenvalue weighted by molar-refractivity contribution is 0.475. The van der Waals surface area contributed by atoms with Crippen molar-refractivity contribution in [1.29, 1.82) is 0 Å². The lowest BCUT2D eigenvalue weighted by Crippen LogP contribution is -2.39. The van der Waals surface area contributed by atoms with Crippen LogP contribution in [0, 0.1) is 32.4 Å². The zero-order valence-corrected chi connectivity index (χ0v) is 22.3. The first-order chi connectivity index (χ1) is 16.8. The van der Waals surface area contributed by atoms with Gasteiger partial charge in [0.25, 0.3) is 0 Å². The lowest BCUT2D eigenvalue weighted by atomic mass is 9.98. The SMILES string of the molecule is Cc1nc(C(N)CCC2(c3nc(C)sc3-c3cc(F)ccc3F)SC=NN2c2nnc(C)s2)cs1. The Morgan fingerprint density at radius 2 is 1.89 bits per heavy atom. The highest BCUT2D eigenvalue weighted by Crippen LogP contribution is 2.53. The molecule has 4 aromatic rings. The van der Waals surface area contributed by atoms with Gasteiger partial charge in [-0.05, 0) is 51.8 Å². The average molecular weight is 550 g/mol. The summed E-state index contributed by atoms with van der Waals surface area (Å²) in [6.45, 7) is 5.67. The van der Waals surface area contributed by atoms with E-state index in [0.29, 0.717) is 28.5 Å². The Morgan fingerprint density at radius 3 is 2.60 bits per heavy atom. The summed E-state index contributed by atoms with van der Waals surface area (Å²) in [6, 6.07) is 3.16. The number of nitrogens with two attached hydrogens (primary N) is 1. The van der Waals surface area contributed by atoms with Crippen molar-refractivity contribution in [2.24, 2.45) is 10.8 Å². The monoisotopic (exact) mass is 549 g/mol. The minimum atomic E-state index is -0.868. The summed E-state index contributed by atoms with van der Waals surface area (Å²) in [6.07, 6.45) is 1.08. The molecule has 0 saturated heterocycles. The second kappa shape index (κ2) is 9.62. The standard InChI is InChI=1S/C22H21F2N7S4/c1-11-27-18(9-32-11)17(25)6-7-22(31(26-10-33-22)21-30-29-13(3)35-21)20-19(34-12(2)28-20)15-8-14(23)4-5-16(15)24/h4-5,8-10,17H,6-7,25H2,1-3H3. The van der Waals surface area contributed by atoms with E-state index in [0.717, 1.165) is 32.8 Å². The Morgan fingerprint density at radius 1 is 1.06 bits per heavy atom. The van der Waals surface area contributed by atoms with Crippen LogP contribution in [0.1, 0.15) is 45.3 Å². The van der Waals surface area contributed by atoms with Gasteiger partial charge < -0.3 is 5.73 Å². The number of thioether (sulfide) groups is 1. The van der Waals surface area contributed by atoms with Crippen LogP contribution in [-0.2, 0) is 4.87 Å². The Labute approximate surface area is 217 Å². The van der Waals surface area contributed by atoms with Gasteiger partial charge in [0.15, 0.2) is 4.87 Å². The molecule has 2 unspecified atom stereocenters. The number of aromatic nitrogens is 4. The van der Waals surface area contributed by atoms with Gasteiger partial charge in [-0.25, -0.2) is 23.8 Å². The summed E-state index contributed by atoms with van der Waals surface area (Å²) >= 11 is 5.74. The fourth-order valence-corrected chi connectivity index (χ4v) is 7.48. The fraction of sp³-hybridized carbons (Fsp3) is 0.318. The summed E-state index contributed by atoms with van der Waals surface area (Å²) in [4.78, 5) is 9.07. The van der Waals surface area contributed by atoms with Crippen molar-refractivity contribution in [1.82, 2.24) is 20.2 Å². The first-order valence-electron chi connectivity index (χ1n) is 10.7. The molecule has 0 amide bonds. The topological polar surface area (TPSA) is 93.2 Å². The molecule has 182 valence electrons. The van der Waals surface area contributed by atoms with Gasteiger partial charge in [0, 0.05) is 17.0 Å². The summed E-state index contributed by atoms with van der Waals surface area (Å²) in [7, 11) is 0. The first kappa shape index (κ1) is 24.4. The molecule has 0 radical (unpaired) electrons. The quantitative estimate of drug-likeness (QED) is 0.295. The highest BCUT2D eigenvalue weighted by Gasteiger charge is 2.48. The van der Waals surface area contributed by atoms with Crippen LogP contribution in [0.3, 0.4) is 0 Å². The van der Waals surface area contributed by atoms with Crippen molar-refractivity contribution in [2.75, 3.05) is 5.01 Å². The highest BCUT2D eigenvalue weighted by molar-refractivity contribution is 8.13. The van der Waals surface area contributed by atoms with E-state index in [2.05, 4.69) is 20.3 Å². The maximum atomic E-state index is 14.9. The highest BCUT2D eigenvalue weighted by atomic mass is 32.2. The van der Waals surface area contributed by atoms with Crippen LogP contribution in [0.25, 0.3) is 10.4 Å². The van der Waals surface area contributed by atoms with Crippen molar-refractivity contribution in [3.8, 4) is 10.4 Å². The molecule has 2 atom stereocenters. The number of nitrogens with zero attached hydrogens (tertiary/aromatic N) is 6. The maximum absolute atomic E-state index is 14.9. The van der Waals surface area contributed by atoms with Gasteiger partial charge in [-0.1, -0.05) is 23.1 Å². The predicted molar refractivity (Wildman–Crippen MR) is 140 cm³/mol. The van der Waals surface area contributed by atoms with Gasteiger partial charge in [-0.2, -0.15) is 5.10 Å².